The van der Waals surface area contributed by atoms with Gasteiger partial charge in [-0.1, -0.05) is 26.2 Å². The van der Waals surface area contributed by atoms with Crippen molar-refractivity contribution in [2.45, 2.75) is 26.2 Å². The Morgan fingerprint density at radius 3 is 1.88 bits per heavy atom. The Hall–Kier alpha value is 1.02. The van der Waals surface area contributed by atoms with E-state index in [2.05, 4.69) is 6.92 Å². The molecule has 0 atom stereocenters. The van der Waals surface area contributed by atoms with Crippen LogP contribution < -0.4 is 34.7 Å². The Balaban J connectivity index is -0.000000125. The molecule has 0 aliphatic carbocycles. The maximum Gasteiger partial charge on any atom is 1.00 e. The van der Waals surface area contributed by atoms with Gasteiger partial charge in [0.05, 0.1) is 0 Å². The first-order valence-electron chi connectivity index (χ1n) is 2.50. The van der Waals surface area contributed by atoms with Gasteiger partial charge in [0.1, 0.15) is 0 Å². The van der Waals surface area contributed by atoms with Crippen molar-refractivity contribution in [2.24, 2.45) is 0 Å². The zero-order valence-electron chi connectivity index (χ0n) is 5.81. The van der Waals surface area contributed by atoms with Gasteiger partial charge in [-0.25, -0.2) is 0 Å². The van der Waals surface area contributed by atoms with Crippen molar-refractivity contribution < 1.29 is 34.7 Å². The molecule has 41 valence electrons. The average Bonchev–Trinajstić information content (AvgIpc) is 1.61. The van der Waals surface area contributed by atoms with Gasteiger partial charge in [-0.3, -0.25) is 0 Å². The van der Waals surface area contributed by atoms with Crippen molar-refractivity contribution in [1.29, 1.82) is 0 Å². The molecule has 0 aromatic rings. The molecule has 0 heterocycles. The van der Waals surface area contributed by atoms with Crippen LogP contribution in [0.15, 0.2) is 0 Å². The largest absolute Gasteiger partial charge is 1.00 e. The van der Waals surface area contributed by atoms with Crippen LogP contribution in [0, 0.1) is 0 Å². The molecule has 0 aliphatic rings. The molecule has 0 amide bonds. The van der Waals surface area contributed by atoms with Gasteiger partial charge in [0, 0.05) is 8.41 Å². The molecule has 0 N–H and O–H groups in total. The second-order valence-electron chi connectivity index (χ2n) is 1.41. The molecule has 0 rings (SSSR count). The van der Waals surface area contributed by atoms with Crippen molar-refractivity contribution in [3.05, 3.63) is 0 Å². The fourth-order valence-corrected chi connectivity index (χ4v) is 0.352. The van der Waals surface area contributed by atoms with E-state index in [9.17, 15) is 5.11 Å². The molecule has 0 fully saturated rings. The number of hydrogen-bond acceptors (Lipinski definition) is 1. The third kappa shape index (κ3) is 15.7. The van der Waals surface area contributed by atoms with Gasteiger partial charge < -0.3 is 5.11 Å². The van der Waals surface area contributed by atoms with Crippen LogP contribution in [0.1, 0.15) is 26.2 Å². The van der Waals surface area contributed by atoms with Gasteiger partial charge in [0.15, 0.2) is 0 Å². The molecule has 8 heavy (non-hydrogen) atoms. The first kappa shape index (κ1) is 16.0. The Morgan fingerprint density at radius 2 is 1.75 bits per heavy atom. The smallest absolute Gasteiger partial charge is 0.854 e. The summed E-state index contributed by atoms with van der Waals surface area (Å²) in [7, 11) is 0. The number of hydrogen-bond donors (Lipinski definition) is 0. The van der Waals surface area contributed by atoms with Crippen LogP contribution in [0.5, 0.6) is 0 Å². The minimum absolute atomic E-state index is 0. The summed E-state index contributed by atoms with van der Waals surface area (Å²) in [6.45, 7) is 2.20. The summed E-state index contributed by atoms with van der Waals surface area (Å²) < 4.78 is 0. The standard InChI is InChI=1S/C5H11O.B.Na/c1-2-3-4-5-6;;/h2-5H2,1H3;;/q-1;;+1. The average molecular weight is 121 g/mol. The van der Waals surface area contributed by atoms with Gasteiger partial charge in [-0.2, -0.15) is 0 Å². The molecular formula is C5H11BNaO. The van der Waals surface area contributed by atoms with E-state index in [1.807, 2.05) is 0 Å². The molecule has 0 spiro atoms. The topological polar surface area (TPSA) is 23.1 Å². The van der Waals surface area contributed by atoms with Gasteiger partial charge >= 0.3 is 29.6 Å². The van der Waals surface area contributed by atoms with Crippen LogP contribution in [0.2, 0.25) is 0 Å². The zero-order valence-corrected chi connectivity index (χ0v) is 7.81. The van der Waals surface area contributed by atoms with E-state index in [4.69, 9.17) is 0 Å². The Kier molecular flexibility index (Phi) is 31.4. The Bertz CT molecular complexity index is 24.4. The summed E-state index contributed by atoms with van der Waals surface area (Å²) in [4.78, 5) is 0. The second-order valence-corrected chi connectivity index (χ2v) is 1.41. The maximum atomic E-state index is 9.69. The molecule has 1 nitrogen and oxygen atoms in total. The summed E-state index contributed by atoms with van der Waals surface area (Å²) in [5.41, 5.74) is 0. The molecule has 3 radical (unpaired) electrons. The zero-order chi connectivity index (χ0) is 4.83. The summed E-state index contributed by atoms with van der Waals surface area (Å²) in [5.74, 6) is 0. The minimum Gasteiger partial charge on any atom is -0.854 e. The van der Waals surface area contributed by atoms with E-state index in [1.54, 1.807) is 0 Å². The molecular weight excluding hydrogens is 110 g/mol. The first-order chi connectivity index (χ1) is 2.91. The van der Waals surface area contributed by atoms with Crippen LogP contribution >= 0.6 is 0 Å². The molecule has 0 aromatic heterocycles. The second kappa shape index (κ2) is 15.7. The van der Waals surface area contributed by atoms with Crippen LogP contribution in [0.4, 0.5) is 0 Å². The summed E-state index contributed by atoms with van der Waals surface area (Å²) in [5, 5.41) is 9.69. The van der Waals surface area contributed by atoms with Gasteiger partial charge in [0.2, 0.25) is 0 Å². The molecule has 0 aromatic carbocycles. The van der Waals surface area contributed by atoms with Gasteiger partial charge in [-0.15, -0.1) is 6.61 Å². The van der Waals surface area contributed by atoms with Crippen LogP contribution in [-0.2, 0) is 0 Å². The molecule has 0 saturated carbocycles. The van der Waals surface area contributed by atoms with Crippen LogP contribution in [0.3, 0.4) is 0 Å². The van der Waals surface area contributed by atoms with Crippen molar-refractivity contribution in [2.75, 3.05) is 6.61 Å². The number of rotatable bonds is 3. The quantitative estimate of drug-likeness (QED) is 0.291. The van der Waals surface area contributed by atoms with Crippen molar-refractivity contribution in [1.82, 2.24) is 0 Å². The molecule has 0 unspecified atom stereocenters. The Morgan fingerprint density at radius 1 is 1.25 bits per heavy atom. The summed E-state index contributed by atoms with van der Waals surface area (Å²) in [6, 6.07) is 0. The Labute approximate surface area is 75.7 Å². The summed E-state index contributed by atoms with van der Waals surface area (Å²) in [6.07, 6.45) is 3.11. The van der Waals surface area contributed by atoms with E-state index in [0.717, 1.165) is 19.3 Å². The van der Waals surface area contributed by atoms with Gasteiger partial charge in [0.25, 0.3) is 0 Å². The number of unbranched alkanes of at least 4 members (excludes halogenated alkanes) is 2. The van der Waals surface area contributed by atoms with Crippen molar-refractivity contribution in [3.8, 4) is 0 Å². The van der Waals surface area contributed by atoms with E-state index in [-0.39, 0.29) is 44.6 Å². The fraction of sp³-hybridized carbons (Fsp3) is 1.00. The normalized spacial score (nSPS) is 6.75. The van der Waals surface area contributed by atoms with E-state index in [0.29, 0.717) is 0 Å². The third-order valence-electron chi connectivity index (χ3n) is 0.748. The van der Waals surface area contributed by atoms with Crippen molar-refractivity contribution >= 4 is 8.41 Å². The molecule has 0 bridgehead atoms. The predicted octanol–water partition coefficient (Wildman–Crippen LogP) is -2.84. The van der Waals surface area contributed by atoms with E-state index < -0.39 is 0 Å². The predicted molar refractivity (Wildman–Crippen MR) is 30.1 cm³/mol. The van der Waals surface area contributed by atoms with Gasteiger partial charge in [-0.05, 0) is 0 Å². The SMILES string of the molecule is CCCCC[O-].[B].[Na+]. The first-order valence-corrected chi connectivity index (χ1v) is 2.50. The maximum absolute atomic E-state index is 9.69. The fourth-order valence-electron chi connectivity index (χ4n) is 0.352. The molecule has 0 saturated heterocycles. The molecule has 0 aliphatic heterocycles. The molecule has 3 heteroatoms. The van der Waals surface area contributed by atoms with Crippen LogP contribution in [0.25, 0.3) is 0 Å². The van der Waals surface area contributed by atoms with Crippen LogP contribution in [-0.4, -0.2) is 15.0 Å². The van der Waals surface area contributed by atoms with Crippen molar-refractivity contribution in [3.63, 3.8) is 0 Å². The van der Waals surface area contributed by atoms with E-state index in [1.165, 1.54) is 0 Å². The van der Waals surface area contributed by atoms with E-state index >= 15 is 0 Å². The monoisotopic (exact) mass is 121 g/mol. The third-order valence-corrected chi connectivity index (χ3v) is 0.748. The minimum atomic E-state index is 0. The summed E-state index contributed by atoms with van der Waals surface area (Å²) >= 11 is 0.